The maximum atomic E-state index is 5.54. The second kappa shape index (κ2) is 5.00. The Morgan fingerprint density at radius 1 is 1.20 bits per heavy atom. The molecule has 0 atom stereocenters. The Kier molecular flexibility index (Phi) is 3.42. The van der Waals surface area contributed by atoms with E-state index in [1.54, 1.807) is 7.11 Å². The number of rotatable bonds is 4. The predicted molar refractivity (Wildman–Crippen MR) is 54.2 cm³/mol. The van der Waals surface area contributed by atoms with E-state index in [2.05, 4.69) is 0 Å². The first-order valence-corrected chi connectivity index (χ1v) is 4.89. The summed E-state index contributed by atoms with van der Waals surface area (Å²) in [4.78, 5) is 0. The molecule has 0 amide bonds. The molecule has 0 radical (unpaired) electrons. The first-order chi connectivity index (χ1) is 7.40. The van der Waals surface area contributed by atoms with E-state index in [-0.39, 0.29) is 6.29 Å². The third-order valence-electron chi connectivity index (χ3n) is 2.13. The molecule has 0 N–H and O–H groups in total. The van der Waals surface area contributed by atoms with Crippen molar-refractivity contribution in [2.24, 2.45) is 0 Å². The summed E-state index contributed by atoms with van der Waals surface area (Å²) in [5.74, 6) is 1.43. The molecule has 1 aliphatic heterocycles. The molecule has 0 unspecified atom stereocenters. The maximum absolute atomic E-state index is 5.54. The van der Waals surface area contributed by atoms with Gasteiger partial charge in [-0.05, 0) is 12.1 Å². The number of methoxy groups -OCH3 is 1. The fraction of sp³-hybridized carbons (Fsp3) is 0.455. The highest BCUT2D eigenvalue weighted by atomic mass is 16.7. The lowest BCUT2D eigenvalue weighted by molar-refractivity contribution is -0.0687. The number of benzene rings is 1. The molecule has 82 valence electrons. The molecular weight excluding hydrogens is 196 g/mol. The van der Waals surface area contributed by atoms with Crippen molar-refractivity contribution in [3.63, 3.8) is 0 Å². The summed E-state index contributed by atoms with van der Waals surface area (Å²) in [6.07, 6.45) is -0.255. The lowest BCUT2D eigenvalue weighted by atomic mass is 10.3. The van der Waals surface area contributed by atoms with E-state index in [9.17, 15) is 0 Å². The van der Waals surface area contributed by atoms with Crippen molar-refractivity contribution in [3.05, 3.63) is 24.3 Å². The Morgan fingerprint density at radius 2 is 1.87 bits per heavy atom. The number of ether oxygens (including phenoxy) is 4. The molecular formula is C11H14O4. The zero-order valence-electron chi connectivity index (χ0n) is 8.64. The molecule has 0 spiro atoms. The minimum absolute atomic E-state index is 0.255. The largest absolute Gasteiger partial charge is 0.493 e. The third-order valence-corrected chi connectivity index (χ3v) is 2.13. The van der Waals surface area contributed by atoms with E-state index in [0.717, 1.165) is 5.75 Å². The number of hydrogen-bond acceptors (Lipinski definition) is 4. The predicted octanol–water partition coefficient (Wildman–Crippen LogP) is 1.45. The maximum Gasteiger partial charge on any atom is 0.191 e. The molecule has 1 aromatic rings. The molecule has 1 aliphatic rings. The van der Waals surface area contributed by atoms with Gasteiger partial charge in [0.1, 0.15) is 6.61 Å². The first-order valence-electron chi connectivity index (χ1n) is 4.89. The Morgan fingerprint density at radius 3 is 2.53 bits per heavy atom. The van der Waals surface area contributed by atoms with Crippen LogP contribution in [-0.2, 0) is 9.47 Å². The topological polar surface area (TPSA) is 36.9 Å². The van der Waals surface area contributed by atoms with Gasteiger partial charge in [0.2, 0.25) is 0 Å². The molecule has 0 bridgehead atoms. The molecule has 1 aromatic carbocycles. The van der Waals surface area contributed by atoms with Crippen molar-refractivity contribution in [2.75, 3.05) is 26.9 Å². The van der Waals surface area contributed by atoms with E-state index in [1.807, 2.05) is 24.3 Å². The molecule has 1 saturated heterocycles. The highest BCUT2D eigenvalue weighted by Crippen LogP contribution is 2.26. The third kappa shape index (κ3) is 2.61. The lowest BCUT2D eigenvalue weighted by Crippen LogP contribution is -2.18. The van der Waals surface area contributed by atoms with Crippen LogP contribution >= 0.6 is 0 Å². The second-order valence-electron chi connectivity index (χ2n) is 3.13. The van der Waals surface area contributed by atoms with Crippen molar-refractivity contribution in [3.8, 4) is 11.5 Å². The highest BCUT2D eigenvalue weighted by Gasteiger charge is 2.17. The van der Waals surface area contributed by atoms with Crippen LogP contribution in [-0.4, -0.2) is 33.2 Å². The van der Waals surface area contributed by atoms with Crippen LogP contribution < -0.4 is 9.47 Å². The van der Waals surface area contributed by atoms with Crippen LogP contribution in [0.1, 0.15) is 0 Å². The van der Waals surface area contributed by atoms with Crippen LogP contribution in [0.2, 0.25) is 0 Å². The van der Waals surface area contributed by atoms with E-state index < -0.39 is 0 Å². The summed E-state index contributed by atoms with van der Waals surface area (Å²) < 4.78 is 21.2. The van der Waals surface area contributed by atoms with E-state index in [0.29, 0.717) is 25.6 Å². The van der Waals surface area contributed by atoms with Gasteiger partial charge in [0.05, 0.1) is 20.3 Å². The van der Waals surface area contributed by atoms with Crippen LogP contribution in [0, 0.1) is 0 Å². The lowest BCUT2D eigenvalue weighted by Gasteiger charge is -2.13. The van der Waals surface area contributed by atoms with Gasteiger partial charge in [0, 0.05) is 0 Å². The van der Waals surface area contributed by atoms with Gasteiger partial charge in [-0.1, -0.05) is 12.1 Å². The van der Waals surface area contributed by atoms with Gasteiger partial charge >= 0.3 is 0 Å². The van der Waals surface area contributed by atoms with Gasteiger partial charge in [-0.3, -0.25) is 0 Å². The molecule has 1 fully saturated rings. The quantitative estimate of drug-likeness (QED) is 0.753. The Bertz CT molecular complexity index is 307. The van der Waals surface area contributed by atoms with Gasteiger partial charge in [-0.2, -0.15) is 0 Å². The molecule has 15 heavy (non-hydrogen) atoms. The minimum atomic E-state index is -0.255. The van der Waals surface area contributed by atoms with Crippen LogP contribution in [0.4, 0.5) is 0 Å². The van der Waals surface area contributed by atoms with Gasteiger partial charge in [-0.15, -0.1) is 0 Å². The molecule has 0 aliphatic carbocycles. The van der Waals surface area contributed by atoms with Crippen molar-refractivity contribution in [1.29, 1.82) is 0 Å². The fourth-order valence-electron chi connectivity index (χ4n) is 1.40. The molecule has 2 rings (SSSR count). The highest BCUT2D eigenvalue weighted by molar-refractivity contribution is 5.39. The smallest absolute Gasteiger partial charge is 0.191 e. The summed E-state index contributed by atoms with van der Waals surface area (Å²) in [5.41, 5.74) is 0. The molecule has 0 saturated carbocycles. The minimum Gasteiger partial charge on any atom is -0.493 e. The summed E-state index contributed by atoms with van der Waals surface area (Å²) in [7, 11) is 1.62. The summed E-state index contributed by atoms with van der Waals surface area (Å²) in [5, 5.41) is 0. The molecule has 4 heteroatoms. The van der Waals surface area contributed by atoms with Crippen LogP contribution in [0.15, 0.2) is 24.3 Å². The number of hydrogen-bond donors (Lipinski definition) is 0. The Balaban J connectivity index is 1.91. The SMILES string of the molecule is COc1ccccc1OCC1OCCO1. The van der Waals surface area contributed by atoms with Crippen molar-refractivity contribution in [2.45, 2.75) is 6.29 Å². The van der Waals surface area contributed by atoms with Crippen LogP contribution in [0.25, 0.3) is 0 Å². The Labute approximate surface area is 88.7 Å². The zero-order chi connectivity index (χ0) is 10.5. The fourth-order valence-corrected chi connectivity index (χ4v) is 1.40. The van der Waals surface area contributed by atoms with E-state index in [4.69, 9.17) is 18.9 Å². The number of para-hydroxylation sites is 2. The monoisotopic (exact) mass is 210 g/mol. The van der Waals surface area contributed by atoms with Gasteiger partial charge in [-0.25, -0.2) is 0 Å². The molecule has 1 heterocycles. The normalized spacial score (nSPS) is 16.6. The van der Waals surface area contributed by atoms with E-state index >= 15 is 0 Å². The summed E-state index contributed by atoms with van der Waals surface area (Å²) in [6.45, 7) is 1.67. The zero-order valence-corrected chi connectivity index (χ0v) is 8.64. The van der Waals surface area contributed by atoms with Gasteiger partial charge in [0.15, 0.2) is 17.8 Å². The molecule has 0 aromatic heterocycles. The standard InChI is InChI=1S/C11H14O4/c1-12-9-4-2-3-5-10(9)15-8-11-13-6-7-14-11/h2-5,11H,6-8H2,1H3. The van der Waals surface area contributed by atoms with Crippen LogP contribution in [0.5, 0.6) is 11.5 Å². The van der Waals surface area contributed by atoms with Gasteiger partial charge in [0.25, 0.3) is 0 Å². The first kappa shape index (κ1) is 10.3. The second-order valence-corrected chi connectivity index (χ2v) is 3.13. The Hall–Kier alpha value is -1.26. The summed E-state index contributed by atoms with van der Waals surface area (Å²) in [6, 6.07) is 7.50. The average Bonchev–Trinajstić information content (AvgIpc) is 2.79. The van der Waals surface area contributed by atoms with Crippen LogP contribution in [0.3, 0.4) is 0 Å². The average molecular weight is 210 g/mol. The van der Waals surface area contributed by atoms with E-state index in [1.165, 1.54) is 0 Å². The summed E-state index contributed by atoms with van der Waals surface area (Å²) >= 11 is 0. The van der Waals surface area contributed by atoms with Crippen molar-refractivity contribution >= 4 is 0 Å². The van der Waals surface area contributed by atoms with Gasteiger partial charge < -0.3 is 18.9 Å². The molecule has 4 nitrogen and oxygen atoms in total. The van der Waals surface area contributed by atoms with Crippen molar-refractivity contribution < 1.29 is 18.9 Å². The van der Waals surface area contributed by atoms with Crippen molar-refractivity contribution in [1.82, 2.24) is 0 Å².